The first-order valence-corrected chi connectivity index (χ1v) is 7.05. The van der Waals surface area contributed by atoms with Crippen LogP contribution in [0.3, 0.4) is 0 Å². The lowest BCUT2D eigenvalue weighted by atomic mass is 10.0. The lowest BCUT2D eigenvalue weighted by molar-refractivity contribution is 0.281. The van der Waals surface area contributed by atoms with Gasteiger partial charge in [-0.15, -0.1) is 0 Å². The van der Waals surface area contributed by atoms with Crippen molar-refractivity contribution in [3.63, 3.8) is 0 Å². The Labute approximate surface area is 95.2 Å². The quantitative estimate of drug-likeness (QED) is 0.319. The van der Waals surface area contributed by atoms with Gasteiger partial charge in [0.1, 0.15) is 0 Å². The van der Waals surface area contributed by atoms with Crippen molar-refractivity contribution >= 4 is 15.9 Å². The van der Waals surface area contributed by atoms with Crippen molar-refractivity contribution in [1.29, 1.82) is 0 Å². The fourth-order valence-corrected chi connectivity index (χ4v) is 4.20. The molecule has 3 N–H and O–H groups in total. The van der Waals surface area contributed by atoms with E-state index in [-0.39, 0.29) is 11.1 Å². The predicted octanol–water partition coefficient (Wildman–Crippen LogP) is 0.0795. The van der Waals surface area contributed by atoms with Crippen LogP contribution in [0.15, 0.2) is 5.16 Å². The maximum Gasteiger partial charge on any atom is 0.217 e. The third kappa shape index (κ3) is 2.01. The normalized spacial score (nSPS) is 29.2. The standard InChI is InChI=1S/C9H17N3O3S/c10-9(11-13)8-3-1-2-6-12(8)16(14,15)7-4-5-7/h7-8,13H,1-6H2,(H2,10,11). The molecule has 0 aromatic rings. The minimum Gasteiger partial charge on any atom is -0.409 e. The highest BCUT2D eigenvalue weighted by molar-refractivity contribution is 7.90. The second kappa shape index (κ2) is 4.21. The topological polar surface area (TPSA) is 96.0 Å². The first-order valence-electron chi connectivity index (χ1n) is 5.55. The second-order valence-corrected chi connectivity index (χ2v) is 6.56. The van der Waals surface area contributed by atoms with Crippen molar-refractivity contribution in [3.05, 3.63) is 0 Å². The monoisotopic (exact) mass is 247 g/mol. The molecule has 0 aromatic carbocycles. The molecule has 1 heterocycles. The van der Waals surface area contributed by atoms with Gasteiger partial charge in [0.05, 0.1) is 11.3 Å². The molecular formula is C9H17N3O3S. The maximum absolute atomic E-state index is 12.1. The number of hydrogen-bond acceptors (Lipinski definition) is 4. The molecule has 1 saturated carbocycles. The molecule has 1 atom stereocenters. The molecule has 1 aliphatic carbocycles. The summed E-state index contributed by atoms with van der Waals surface area (Å²) in [4.78, 5) is 0. The van der Waals surface area contributed by atoms with Crippen molar-refractivity contribution in [2.75, 3.05) is 6.54 Å². The molecule has 1 aliphatic heterocycles. The van der Waals surface area contributed by atoms with Crippen LogP contribution in [0.1, 0.15) is 32.1 Å². The van der Waals surface area contributed by atoms with E-state index in [0.717, 1.165) is 25.7 Å². The van der Waals surface area contributed by atoms with Gasteiger partial charge in [0.2, 0.25) is 10.0 Å². The Morgan fingerprint density at radius 1 is 1.31 bits per heavy atom. The van der Waals surface area contributed by atoms with E-state index >= 15 is 0 Å². The number of hydrogen-bond donors (Lipinski definition) is 2. The van der Waals surface area contributed by atoms with Gasteiger partial charge >= 0.3 is 0 Å². The minimum atomic E-state index is -3.23. The van der Waals surface area contributed by atoms with Crippen molar-refractivity contribution in [1.82, 2.24) is 4.31 Å². The molecule has 1 unspecified atom stereocenters. The van der Waals surface area contributed by atoms with Gasteiger partial charge in [0.25, 0.3) is 0 Å². The molecule has 2 rings (SSSR count). The van der Waals surface area contributed by atoms with E-state index in [1.54, 1.807) is 0 Å². The highest BCUT2D eigenvalue weighted by Gasteiger charge is 2.44. The van der Waals surface area contributed by atoms with Gasteiger partial charge in [-0.2, -0.15) is 4.31 Å². The molecule has 0 bridgehead atoms. The summed E-state index contributed by atoms with van der Waals surface area (Å²) in [5.41, 5.74) is 5.55. The fourth-order valence-electron chi connectivity index (χ4n) is 2.13. The first kappa shape index (κ1) is 11.7. The van der Waals surface area contributed by atoms with E-state index in [0.29, 0.717) is 13.0 Å². The Hall–Kier alpha value is -0.820. The van der Waals surface area contributed by atoms with Crippen LogP contribution in [-0.4, -0.2) is 41.6 Å². The SMILES string of the molecule is NC(=NO)C1CCCCN1S(=O)(=O)C1CC1. The number of sulfonamides is 1. The molecule has 2 fully saturated rings. The van der Waals surface area contributed by atoms with E-state index in [1.807, 2.05) is 0 Å². The number of amidine groups is 1. The van der Waals surface area contributed by atoms with Crippen LogP contribution in [0.25, 0.3) is 0 Å². The smallest absolute Gasteiger partial charge is 0.217 e. The molecular weight excluding hydrogens is 230 g/mol. The average Bonchev–Trinajstić information content (AvgIpc) is 3.12. The molecule has 16 heavy (non-hydrogen) atoms. The summed E-state index contributed by atoms with van der Waals surface area (Å²) >= 11 is 0. The molecule has 7 heteroatoms. The largest absolute Gasteiger partial charge is 0.409 e. The van der Waals surface area contributed by atoms with Crippen LogP contribution in [0.2, 0.25) is 0 Å². The lowest BCUT2D eigenvalue weighted by Crippen LogP contribution is -2.51. The Bertz CT molecular complexity index is 389. The minimum absolute atomic E-state index is 0.00363. The van der Waals surface area contributed by atoms with Crippen LogP contribution < -0.4 is 5.73 Å². The van der Waals surface area contributed by atoms with Crippen LogP contribution >= 0.6 is 0 Å². The number of rotatable bonds is 3. The molecule has 0 radical (unpaired) electrons. The van der Waals surface area contributed by atoms with E-state index in [2.05, 4.69) is 5.16 Å². The predicted molar refractivity (Wildman–Crippen MR) is 59.7 cm³/mol. The van der Waals surface area contributed by atoms with Gasteiger partial charge in [0, 0.05) is 6.54 Å². The summed E-state index contributed by atoms with van der Waals surface area (Å²) in [5, 5.41) is 11.4. The summed E-state index contributed by atoms with van der Waals surface area (Å²) in [6.07, 6.45) is 3.88. The summed E-state index contributed by atoms with van der Waals surface area (Å²) in [7, 11) is -3.23. The van der Waals surface area contributed by atoms with Crippen molar-refractivity contribution < 1.29 is 13.6 Å². The summed E-state index contributed by atoms with van der Waals surface area (Å²) in [6, 6.07) is -0.454. The van der Waals surface area contributed by atoms with E-state index in [9.17, 15) is 8.42 Å². The highest BCUT2D eigenvalue weighted by Crippen LogP contribution is 2.34. The first-order chi connectivity index (χ1) is 7.57. The molecule has 0 aromatic heterocycles. The zero-order valence-electron chi connectivity index (χ0n) is 9.04. The lowest BCUT2D eigenvalue weighted by Gasteiger charge is -2.33. The number of piperidine rings is 1. The third-order valence-electron chi connectivity index (χ3n) is 3.18. The summed E-state index contributed by atoms with van der Waals surface area (Å²) in [6.45, 7) is 0.486. The Morgan fingerprint density at radius 2 is 2.00 bits per heavy atom. The Balaban J connectivity index is 2.22. The average molecular weight is 247 g/mol. The van der Waals surface area contributed by atoms with E-state index in [4.69, 9.17) is 10.9 Å². The molecule has 2 aliphatic rings. The van der Waals surface area contributed by atoms with E-state index in [1.165, 1.54) is 4.31 Å². The second-order valence-electron chi connectivity index (χ2n) is 4.39. The van der Waals surface area contributed by atoms with Gasteiger partial charge in [-0.05, 0) is 25.7 Å². The molecule has 6 nitrogen and oxygen atoms in total. The van der Waals surface area contributed by atoms with Crippen molar-refractivity contribution in [3.8, 4) is 0 Å². The van der Waals surface area contributed by atoms with Gasteiger partial charge < -0.3 is 10.9 Å². The number of nitrogens with zero attached hydrogens (tertiary/aromatic N) is 2. The summed E-state index contributed by atoms with van der Waals surface area (Å²) < 4.78 is 25.6. The van der Waals surface area contributed by atoms with Crippen LogP contribution in [0.5, 0.6) is 0 Å². The van der Waals surface area contributed by atoms with Crippen molar-refractivity contribution in [2.24, 2.45) is 10.9 Å². The Morgan fingerprint density at radius 3 is 2.56 bits per heavy atom. The maximum atomic E-state index is 12.1. The van der Waals surface area contributed by atoms with Crippen LogP contribution in [0, 0.1) is 0 Å². The third-order valence-corrected chi connectivity index (χ3v) is 5.59. The van der Waals surface area contributed by atoms with Crippen LogP contribution in [0.4, 0.5) is 0 Å². The number of nitrogens with two attached hydrogens (primary N) is 1. The van der Waals surface area contributed by atoms with Gasteiger partial charge in [0.15, 0.2) is 5.84 Å². The fraction of sp³-hybridized carbons (Fsp3) is 0.889. The Kier molecular flexibility index (Phi) is 3.07. The van der Waals surface area contributed by atoms with Crippen LogP contribution in [-0.2, 0) is 10.0 Å². The van der Waals surface area contributed by atoms with Gasteiger partial charge in [-0.1, -0.05) is 11.6 Å². The highest BCUT2D eigenvalue weighted by atomic mass is 32.2. The molecule has 1 saturated heterocycles. The zero-order valence-corrected chi connectivity index (χ0v) is 9.86. The van der Waals surface area contributed by atoms with E-state index < -0.39 is 16.1 Å². The van der Waals surface area contributed by atoms with Gasteiger partial charge in [-0.3, -0.25) is 0 Å². The number of oxime groups is 1. The zero-order chi connectivity index (χ0) is 11.8. The van der Waals surface area contributed by atoms with Gasteiger partial charge in [-0.25, -0.2) is 8.42 Å². The van der Waals surface area contributed by atoms with Crippen molar-refractivity contribution in [2.45, 2.75) is 43.4 Å². The molecule has 0 amide bonds. The molecule has 0 spiro atoms. The summed E-state index contributed by atoms with van der Waals surface area (Å²) in [5.74, 6) is 0.00363. The molecule has 92 valence electrons.